The molecule has 25 heteroatoms. The molecule has 1 heterocycles. The van der Waals surface area contributed by atoms with E-state index in [0.717, 1.165) is 30.3 Å². The molecule has 0 aliphatic rings. The van der Waals surface area contributed by atoms with E-state index < -0.39 is 94.8 Å². The van der Waals surface area contributed by atoms with Crippen LogP contribution in [0.15, 0.2) is 75.4 Å². The molecule has 0 fully saturated rings. The molecule has 0 aliphatic heterocycles. The predicted molar refractivity (Wildman–Crippen MR) is 150 cm³/mol. The fourth-order valence-corrected chi connectivity index (χ4v) is 6.28. The molecule has 0 amide bonds. The number of aromatic nitrogens is 3. The lowest BCUT2D eigenvalue weighted by molar-refractivity contribution is 0.379. The molecule has 4 rings (SSSR count). The first-order chi connectivity index (χ1) is 20.9. The Morgan fingerprint density at radius 2 is 0.826 bits per heavy atom. The molecular weight excluding hydrogens is 727 g/mol. The van der Waals surface area contributed by atoms with Gasteiger partial charge in [-0.15, -0.1) is 0 Å². The molecule has 46 heavy (non-hydrogen) atoms. The largest absolute Gasteiger partial charge is 0.446 e. The Morgan fingerprint density at radius 3 is 1.15 bits per heavy atom. The number of rotatable bonds is 10. The van der Waals surface area contributed by atoms with Crippen LogP contribution >= 0.6 is 0 Å². The third-order valence-electron chi connectivity index (χ3n) is 5.38. The minimum atomic E-state index is -5.29. The van der Waals surface area contributed by atoms with E-state index >= 15 is 0 Å². The van der Waals surface area contributed by atoms with Crippen LogP contribution in [0.2, 0.25) is 0 Å². The van der Waals surface area contributed by atoms with E-state index in [0.29, 0.717) is 24.3 Å². The first-order valence-electron chi connectivity index (χ1n) is 11.3. The van der Waals surface area contributed by atoms with E-state index in [9.17, 15) is 55.7 Å². The molecule has 0 aliphatic carbocycles. The maximum atomic E-state index is 12.0. The Kier molecular flexibility index (Phi) is 8.96. The van der Waals surface area contributed by atoms with Crippen molar-refractivity contribution in [1.82, 2.24) is 15.0 Å². The molecular formula is C21H15N3O17S5. The van der Waals surface area contributed by atoms with Crippen molar-refractivity contribution >= 4 is 51.2 Å². The zero-order chi connectivity index (χ0) is 34.5. The quantitative estimate of drug-likeness (QED) is 0.141. The highest BCUT2D eigenvalue weighted by atomic mass is 32.3. The van der Waals surface area contributed by atoms with E-state index in [4.69, 9.17) is 9.11 Å². The van der Waals surface area contributed by atoms with Crippen molar-refractivity contribution in [2.24, 2.45) is 0 Å². The van der Waals surface area contributed by atoms with E-state index in [2.05, 4.69) is 23.3 Å². The van der Waals surface area contributed by atoms with Crippen molar-refractivity contribution in [2.45, 2.75) is 14.7 Å². The van der Waals surface area contributed by atoms with Gasteiger partial charge in [0.25, 0.3) is 30.4 Å². The van der Waals surface area contributed by atoms with Gasteiger partial charge in [0.2, 0.25) is 0 Å². The summed E-state index contributed by atoms with van der Waals surface area (Å²) in [4.78, 5) is 9.22. The summed E-state index contributed by atoms with van der Waals surface area (Å²) in [7, 11) is -25.9. The Balaban J connectivity index is 2.04. The average molecular weight is 742 g/mol. The average Bonchev–Trinajstić information content (AvgIpc) is 2.90. The lowest BCUT2D eigenvalue weighted by atomic mass is 10.1. The lowest BCUT2D eigenvalue weighted by Crippen LogP contribution is -2.11. The molecule has 20 nitrogen and oxygen atoms in total. The van der Waals surface area contributed by atoms with Gasteiger partial charge in [-0.1, -0.05) is 12.1 Å². The standard InChI is InChI=1S/C21H15N3O17S5/c25-42(26,27)14-3-1-2-11(8-14)19-22-20(12-4-6-15(40-45(34,35)36)17(9-12)43(28,29)30)24-21(23-19)13-5-7-16(41-46(37,38)39)18(10-13)44(31,32)33/h1-10H,(H,25,26,27)(H,28,29,30)(H,31,32,33)(H,34,35,36)(H,37,38,39). The monoisotopic (exact) mass is 741 g/mol. The molecule has 4 aromatic rings. The van der Waals surface area contributed by atoms with Crippen molar-refractivity contribution in [1.29, 1.82) is 0 Å². The first kappa shape index (κ1) is 34.7. The maximum absolute atomic E-state index is 12.0. The second-order valence-corrected chi connectivity index (χ2v) is 14.9. The SMILES string of the molecule is O=S(=O)(O)Oc1ccc(-c2nc(-c3cccc(S(=O)(=O)O)c3)nc(-c3ccc(OS(=O)(=O)O)c(S(=O)(=O)O)c3)n2)cc1S(=O)(=O)O. The summed E-state index contributed by atoms with van der Waals surface area (Å²) in [6.45, 7) is 0. The zero-order valence-electron chi connectivity index (χ0n) is 21.8. The minimum Gasteiger partial charge on any atom is -0.360 e. The zero-order valence-corrected chi connectivity index (χ0v) is 25.9. The van der Waals surface area contributed by atoms with Crippen molar-refractivity contribution in [2.75, 3.05) is 0 Å². The Labute approximate surface area is 259 Å². The van der Waals surface area contributed by atoms with Gasteiger partial charge >= 0.3 is 20.8 Å². The van der Waals surface area contributed by atoms with Gasteiger partial charge in [-0.25, -0.2) is 15.0 Å². The van der Waals surface area contributed by atoms with Crippen LogP contribution in [0.5, 0.6) is 11.5 Å². The summed E-state index contributed by atoms with van der Waals surface area (Å²) in [5.74, 6) is -3.59. The third kappa shape index (κ3) is 8.54. The molecule has 0 spiro atoms. The number of hydrogen-bond acceptors (Lipinski definition) is 15. The number of hydrogen-bond donors (Lipinski definition) is 5. The lowest BCUT2D eigenvalue weighted by Gasteiger charge is -2.12. The Hall–Kier alpha value is -4.18. The molecule has 0 bridgehead atoms. The summed E-state index contributed by atoms with van der Waals surface area (Å²) >= 11 is 0. The van der Waals surface area contributed by atoms with Crippen LogP contribution in [0.4, 0.5) is 0 Å². The Bertz CT molecular complexity index is 2320. The minimum absolute atomic E-state index is 0.136. The van der Waals surface area contributed by atoms with Crippen LogP contribution in [-0.2, 0) is 51.2 Å². The molecule has 0 radical (unpaired) electrons. The van der Waals surface area contributed by atoms with Gasteiger partial charge in [-0.2, -0.15) is 42.1 Å². The molecule has 5 N–H and O–H groups in total. The number of benzene rings is 3. The highest BCUT2D eigenvalue weighted by molar-refractivity contribution is 7.86. The van der Waals surface area contributed by atoms with Gasteiger partial charge in [0.05, 0.1) is 4.90 Å². The van der Waals surface area contributed by atoms with Gasteiger partial charge in [0.15, 0.2) is 29.0 Å². The van der Waals surface area contributed by atoms with Crippen LogP contribution in [0, 0.1) is 0 Å². The van der Waals surface area contributed by atoms with Crippen LogP contribution < -0.4 is 8.37 Å². The Morgan fingerprint density at radius 1 is 0.457 bits per heavy atom. The molecule has 0 saturated heterocycles. The van der Waals surface area contributed by atoms with E-state index in [1.165, 1.54) is 6.07 Å². The second-order valence-electron chi connectivity index (χ2n) is 8.60. The van der Waals surface area contributed by atoms with Crippen LogP contribution in [0.1, 0.15) is 0 Å². The predicted octanol–water partition coefficient (Wildman–Crippen LogP) is 0.976. The fraction of sp³-hybridized carbons (Fsp3) is 0. The molecule has 1 aromatic heterocycles. The maximum Gasteiger partial charge on any atom is 0.446 e. The van der Waals surface area contributed by atoms with Gasteiger partial charge in [-0.05, 0) is 48.5 Å². The summed E-state index contributed by atoms with van der Waals surface area (Å²) in [6.07, 6.45) is 0. The van der Waals surface area contributed by atoms with Gasteiger partial charge in [0, 0.05) is 16.7 Å². The van der Waals surface area contributed by atoms with Crippen molar-refractivity contribution < 1.29 is 73.2 Å². The van der Waals surface area contributed by atoms with Gasteiger partial charge < -0.3 is 8.37 Å². The molecule has 3 aromatic carbocycles. The van der Waals surface area contributed by atoms with Crippen molar-refractivity contribution in [3.63, 3.8) is 0 Å². The fourth-order valence-electron chi connectivity index (χ4n) is 3.62. The van der Waals surface area contributed by atoms with E-state index in [1.807, 2.05) is 0 Å². The molecule has 0 saturated carbocycles. The summed E-state index contributed by atoms with van der Waals surface area (Å²) in [5.41, 5.74) is -0.817. The highest BCUT2D eigenvalue weighted by Crippen LogP contribution is 2.34. The van der Waals surface area contributed by atoms with Crippen LogP contribution in [0.25, 0.3) is 34.2 Å². The van der Waals surface area contributed by atoms with Crippen LogP contribution in [-0.4, -0.2) is 79.8 Å². The first-order valence-corrected chi connectivity index (χ1v) is 18.4. The summed E-state index contributed by atoms with van der Waals surface area (Å²) in [6, 6.07) is 8.74. The summed E-state index contributed by atoms with van der Waals surface area (Å²) in [5, 5.41) is 0. The van der Waals surface area contributed by atoms with Crippen LogP contribution in [0.3, 0.4) is 0 Å². The van der Waals surface area contributed by atoms with Gasteiger partial charge in [0.1, 0.15) is 9.79 Å². The molecule has 246 valence electrons. The normalized spacial score (nSPS) is 12.9. The topological polar surface area (TPSA) is 329 Å². The summed E-state index contributed by atoms with van der Waals surface area (Å²) < 4.78 is 171. The molecule has 0 atom stereocenters. The van der Waals surface area contributed by atoms with E-state index in [-0.39, 0.29) is 16.7 Å². The second kappa shape index (κ2) is 11.9. The van der Waals surface area contributed by atoms with Crippen molar-refractivity contribution in [3.05, 3.63) is 60.7 Å². The van der Waals surface area contributed by atoms with E-state index in [1.54, 1.807) is 0 Å². The molecule has 0 unspecified atom stereocenters. The van der Waals surface area contributed by atoms with Gasteiger partial charge in [-0.3, -0.25) is 22.8 Å². The third-order valence-corrected chi connectivity index (χ3v) is 8.76. The smallest absolute Gasteiger partial charge is 0.360 e. The number of nitrogens with zero attached hydrogens (tertiary/aromatic N) is 3. The highest BCUT2D eigenvalue weighted by Gasteiger charge is 2.25. The van der Waals surface area contributed by atoms with Crippen molar-refractivity contribution in [3.8, 4) is 45.7 Å².